The maximum atomic E-state index is 11.9. The van der Waals surface area contributed by atoms with E-state index in [1.807, 2.05) is 0 Å². The summed E-state index contributed by atoms with van der Waals surface area (Å²) in [5.41, 5.74) is -0.507. The number of ether oxygens (including phenoxy) is 1. The van der Waals surface area contributed by atoms with Gasteiger partial charge in [-0.15, -0.1) is 5.10 Å². The summed E-state index contributed by atoms with van der Waals surface area (Å²) >= 11 is 1.43. The van der Waals surface area contributed by atoms with Crippen molar-refractivity contribution in [3.05, 3.63) is 38.8 Å². The molecule has 22 heavy (non-hydrogen) atoms. The van der Waals surface area contributed by atoms with Crippen molar-refractivity contribution < 1.29 is 9.84 Å². The summed E-state index contributed by atoms with van der Waals surface area (Å²) in [6.45, 7) is 1.46. The van der Waals surface area contributed by atoms with Gasteiger partial charge in [-0.1, -0.05) is 11.8 Å². The van der Waals surface area contributed by atoms with Crippen molar-refractivity contribution in [2.45, 2.75) is 36.0 Å². The summed E-state index contributed by atoms with van der Waals surface area (Å²) in [7, 11) is 0. The molecule has 0 aliphatic carbocycles. The van der Waals surface area contributed by atoms with E-state index < -0.39 is 23.6 Å². The highest BCUT2D eigenvalue weighted by atomic mass is 32.2. The third-order valence-electron chi connectivity index (χ3n) is 3.48. The second kappa shape index (κ2) is 6.07. The molecule has 0 amide bonds. The van der Waals surface area contributed by atoms with E-state index in [0.717, 1.165) is 0 Å². The topological polar surface area (TPSA) is 126 Å². The molecule has 3 heterocycles. The lowest BCUT2D eigenvalue weighted by Gasteiger charge is -2.15. The summed E-state index contributed by atoms with van der Waals surface area (Å²) in [4.78, 5) is 25.6. The molecule has 9 nitrogen and oxygen atoms in total. The molecular formula is C12H15N5O4S. The van der Waals surface area contributed by atoms with Gasteiger partial charge in [0, 0.05) is 23.4 Å². The molecule has 1 fully saturated rings. The standard InChI is InChI=1S/C12H15N5O4S/c1-6-4-17(12(20)14-11(6)19)10-2-8(7(5-18)21-10)22-9-3-13-16-15-9/h3-4,7-8,10,18H,2,5H2,1H3,(H,13,15,16)(H,14,19,20). The van der Waals surface area contributed by atoms with E-state index >= 15 is 0 Å². The molecule has 0 saturated carbocycles. The number of hydrogen-bond acceptors (Lipinski definition) is 7. The number of nitrogens with zero attached hydrogens (tertiary/aromatic N) is 3. The molecule has 0 spiro atoms. The van der Waals surface area contributed by atoms with Crippen molar-refractivity contribution in [3.8, 4) is 0 Å². The molecule has 0 aromatic carbocycles. The van der Waals surface area contributed by atoms with E-state index in [0.29, 0.717) is 17.0 Å². The van der Waals surface area contributed by atoms with Gasteiger partial charge in [-0.05, 0) is 6.92 Å². The number of thioether (sulfide) groups is 1. The van der Waals surface area contributed by atoms with Gasteiger partial charge < -0.3 is 9.84 Å². The van der Waals surface area contributed by atoms with Gasteiger partial charge >= 0.3 is 5.69 Å². The number of aliphatic hydroxyl groups excluding tert-OH is 1. The zero-order valence-electron chi connectivity index (χ0n) is 11.7. The Bertz CT molecular complexity index is 756. The monoisotopic (exact) mass is 325 g/mol. The number of nitrogens with one attached hydrogen (secondary N) is 2. The molecule has 3 N–H and O–H groups in total. The van der Waals surface area contributed by atoms with Gasteiger partial charge in [0.05, 0.1) is 18.9 Å². The van der Waals surface area contributed by atoms with Gasteiger partial charge in [-0.25, -0.2) is 4.79 Å². The SMILES string of the molecule is Cc1cn(C2CC(Sc3cn[nH]n3)C(CO)O2)c(=O)[nH]c1=O. The van der Waals surface area contributed by atoms with Crippen LogP contribution in [0, 0.1) is 6.92 Å². The molecule has 2 aromatic heterocycles. The lowest BCUT2D eigenvalue weighted by atomic mass is 10.2. The van der Waals surface area contributed by atoms with E-state index in [1.165, 1.54) is 22.5 Å². The van der Waals surface area contributed by atoms with Crippen molar-refractivity contribution in [1.29, 1.82) is 0 Å². The van der Waals surface area contributed by atoms with Gasteiger partial charge in [-0.3, -0.25) is 14.3 Å². The maximum absolute atomic E-state index is 11.9. The van der Waals surface area contributed by atoms with Crippen LogP contribution in [-0.2, 0) is 4.74 Å². The van der Waals surface area contributed by atoms with Crippen LogP contribution in [-0.4, -0.2) is 48.0 Å². The molecular weight excluding hydrogens is 310 g/mol. The first-order valence-corrected chi connectivity index (χ1v) is 7.57. The minimum absolute atomic E-state index is 0.0702. The van der Waals surface area contributed by atoms with E-state index in [4.69, 9.17) is 4.74 Å². The van der Waals surface area contributed by atoms with Crippen LogP contribution >= 0.6 is 11.8 Å². The Morgan fingerprint density at radius 3 is 3.05 bits per heavy atom. The van der Waals surface area contributed by atoms with Gasteiger partial charge in [0.25, 0.3) is 5.56 Å². The highest BCUT2D eigenvalue weighted by Crippen LogP contribution is 2.38. The largest absolute Gasteiger partial charge is 0.394 e. The van der Waals surface area contributed by atoms with Crippen molar-refractivity contribution in [3.63, 3.8) is 0 Å². The van der Waals surface area contributed by atoms with Crippen LogP contribution in [0.1, 0.15) is 18.2 Å². The van der Waals surface area contributed by atoms with Crippen LogP contribution in [0.4, 0.5) is 0 Å². The van der Waals surface area contributed by atoms with Crippen molar-refractivity contribution in [2.75, 3.05) is 6.61 Å². The summed E-state index contributed by atoms with van der Waals surface area (Å²) < 4.78 is 7.10. The zero-order valence-corrected chi connectivity index (χ0v) is 12.5. The van der Waals surface area contributed by atoms with E-state index in [-0.39, 0.29) is 11.9 Å². The first-order valence-electron chi connectivity index (χ1n) is 6.69. The summed E-state index contributed by atoms with van der Waals surface area (Å²) in [6, 6.07) is 0. The quantitative estimate of drug-likeness (QED) is 0.685. The van der Waals surface area contributed by atoms with Gasteiger partial charge in [-0.2, -0.15) is 10.3 Å². The third kappa shape index (κ3) is 2.85. The number of aromatic nitrogens is 5. The average molecular weight is 325 g/mol. The zero-order chi connectivity index (χ0) is 15.7. The second-order valence-electron chi connectivity index (χ2n) is 4.99. The lowest BCUT2D eigenvalue weighted by Crippen LogP contribution is -2.33. The Balaban J connectivity index is 1.83. The summed E-state index contributed by atoms with van der Waals surface area (Å²) in [6.07, 6.45) is 2.61. The Kier molecular flexibility index (Phi) is 4.14. The molecule has 1 aliphatic heterocycles. The van der Waals surface area contributed by atoms with Gasteiger partial charge in [0.15, 0.2) is 0 Å². The second-order valence-corrected chi connectivity index (χ2v) is 6.25. The van der Waals surface area contributed by atoms with Crippen LogP contribution in [0.3, 0.4) is 0 Å². The minimum atomic E-state index is -0.537. The molecule has 10 heteroatoms. The van der Waals surface area contributed by atoms with Crippen LogP contribution in [0.2, 0.25) is 0 Å². The molecule has 1 aliphatic rings. The number of aliphatic hydroxyl groups is 1. The molecule has 0 bridgehead atoms. The first-order chi connectivity index (χ1) is 10.6. The third-order valence-corrected chi connectivity index (χ3v) is 4.72. The summed E-state index contributed by atoms with van der Waals surface area (Å²) in [5, 5.41) is 20.3. The van der Waals surface area contributed by atoms with E-state index in [1.54, 1.807) is 13.1 Å². The molecule has 3 atom stereocenters. The number of H-pyrrole nitrogens is 2. The highest BCUT2D eigenvalue weighted by molar-refractivity contribution is 7.99. The number of hydrogen-bond donors (Lipinski definition) is 3. The highest BCUT2D eigenvalue weighted by Gasteiger charge is 2.37. The maximum Gasteiger partial charge on any atom is 0.330 e. The normalized spacial score (nSPS) is 24.7. The fourth-order valence-electron chi connectivity index (χ4n) is 2.36. The lowest BCUT2D eigenvalue weighted by molar-refractivity contribution is -0.0238. The van der Waals surface area contributed by atoms with Crippen molar-refractivity contribution >= 4 is 11.8 Å². The Morgan fingerprint density at radius 1 is 1.55 bits per heavy atom. The number of rotatable bonds is 4. The van der Waals surface area contributed by atoms with Crippen LogP contribution < -0.4 is 11.2 Å². The van der Waals surface area contributed by atoms with Crippen LogP contribution in [0.15, 0.2) is 27.0 Å². The molecule has 3 rings (SSSR count). The smallest absolute Gasteiger partial charge is 0.330 e. The fraction of sp³-hybridized carbons (Fsp3) is 0.500. The van der Waals surface area contributed by atoms with Crippen LogP contribution in [0.5, 0.6) is 0 Å². The van der Waals surface area contributed by atoms with Crippen LogP contribution in [0.25, 0.3) is 0 Å². The molecule has 1 saturated heterocycles. The number of aromatic amines is 2. The van der Waals surface area contributed by atoms with Gasteiger partial charge in [0.2, 0.25) is 0 Å². The minimum Gasteiger partial charge on any atom is -0.394 e. The van der Waals surface area contributed by atoms with E-state index in [9.17, 15) is 14.7 Å². The molecule has 118 valence electrons. The predicted octanol–water partition coefficient (Wildman–Crippen LogP) is -0.596. The number of aryl methyl sites for hydroxylation is 1. The Labute approximate surface area is 128 Å². The molecule has 3 unspecified atom stereocenters. The first kappa shape index (κ1) is 15.0. The van der Waals surface area contributed by atoms with Crippen molar-refractivity contribution in [1.82, 2.24) is 25.0 Å². The summed E-state index contributed by atoms with van der Waals surface area (Å²) in [5.74, 6) is 0. The molecule has 0 radical (unpaired) electrons. The van der Waals surface area contributed by atoms with Gasteiger partial charge in [0.1, 0.15) is 11.3 Å². The average Bonchev–Trinajstić information content (AvgIpc) is 3.13. The Hall–Kier alpha value is -1.91. The Morgan fingerprint density at radius 2 is 2.36 bits per heavy atom. The van der Waals surface area contributed by atoms with E-state index in [2.05, 4.69) is 20.4 Å². The molecule has 2 aromatic rings. The fourth-order valence-corrected chi connectivity index (χ4v) is 3.44. The van der Waals surface area contributed by atoms with Crippen molar-refractivity contribution in [2.24, 2.45) is 0 Å². The predicted molar refractivity (Wildman–Crippen MR) is 77.7 cm³/mol.